The van der Waals surface area contributed by atoms with Crippen molar-refractivity contribution in [3.05, 3.63) is 23.2 Å². The number of halogens is 1. The third-order valence-corrected chi connectivity index (χ3v) is 5.89. The number of benzene rings is 1. The molecule has 0 amide bonds. The number of rotatable bonds is 3. The first-order valence-electron chi connectivity index (χ1n) is 8.78. The van der Waals surface area contributed by atoms with Crippen molar-refractivity contribution in [3.8, 4) is 0 Å². The predicted molar refractivity (Wildman–Crippen MR) is 99.1 cm³/mol. The van der Waals surface area contributed by atoms with E-state index in [0.29, 0.717) is 11.1 Å². The predicted octanol–water partition coefficient (Wildman–Crippen LogP) is 3.35. The fraction of sp³-hybridized carbons (Fsp3) is 0.667. The van der Waals surface area contributed by atoms with Crippen LogP contribution in [0, 0.1) is 0 Å². The second-order valence-corrected chi connectivity index (χ2v) is 8.38. The van der Waals surface area contributed by atoms with Gasteiger partial charge in [0.25, 0.3) is 0 Å². The zero-order valence-electron chi connectivity index (χ0n) is 14.9. The molecular formula is C18H27BClNO3. The molecule has 0 unspecified atom stereocenters. The molecule has 0 bridgehead atoms. The van der Waals surface area contributed by atoms with Crippen LogP contribution in [0.2, 0.25) is 5.02 Å². The maximum Gasteiger partial charge on any atom is 0.494 e. The van der Waals surface area contributed by atoms with E-state index in [0.717, 1.165) is 36.8 Å². The van der Waals surface area contributed by atoms with Crippen LogP contribution in [-0.4, -0.2) is 35.6 Å². The summed E-state index contributed by atoms with van der Waals surface area (Å²) in [4.78, 5) is 0. The van der Waals surface area contributed by atoms with Gasteiger partial charge in [-0.3, -0.25) is 0 Å². The molecule has 3 rings (SSSR count). The molecule has 2 N–H and O–H groups in total. The van der Waals surface area contributed by atoms with Gasteiger partial charge in [0, 0.05) is 6.04 Å². The van der Waals surface area contributed by atoms with Crippen molar-refractivity contribution < 1.29 is 14.4 Å². The first-order chi connectivity index (χ1) is 11.2. The Morgan fingerprint density at radius 3 is 2.21 bits per heavy atom. The third kappa shape index (κ3) is 3.59. The summed E-state index contributed by atoms with van der Waals surface area (Å²) in [7, 11) is -0.397. The Morgan fingerprint density at radius 2 is 1.67 bits per heavy atom. The lowest BCUT2D eigenvalue weighted by Crippen LogP contribution is -2.41. The SMILES string of the molecule is CC1(C)OB(c2ccc(N[C@H]3CC[C@H](O)CC3)c(Cl)c2)OC1(C)C. The van der Waals surface area contributed by atoms with E-state index in [9.17, 15) is 5.11 Å². The van der Waals surface area contributed by atoms with Gasteiger partial charge in [-0.1, -0.05) is 17.7 Å². The first-order valence-corrected chi connectivity index (χ1v) is 9.15. The minimum absolute atomic E-state index is 0.149. The monoisotopic (exact) mass is 351 g/mol. The Balaban J connectivity index is 1.69. The van der Waals surface area contributed by atoms with Crippen molar-refractivity contribution in [2.24, 2.45) is 0 Å². The molecule has 2 aliphatic rings. The van der Waals surface area contributed by atoms with Crippen molar-refractivity contribution in [3.63, 3.8) is 0 Å². The fourth-order valence-corrected chi connectivity index (χ4v) is 3.46. The van der Waals surface area contributed by atoms with E-state index in [2.05, 4.69) is 5.32 Å². The molecule has 0 atom stereocenters. The molecule has 1 aromatic rings. The van der Waals surface area contributed by atoms with Crippen LogP contribution in [0.5, 0.6) is 0 Å². The van der Waals surface area contributed by atoms with Crippen LogP contribution >= 0.6 is 11.6 Å². The second kappa shape index (κ2) is 6.52. The van der Waals surface area contributed by atoms with Gasteiger partial charge in [0.1, 0.15) is 0 Å². The van der Waals surface area contributed by atoms with Crippen molar-refractivity contribution in [1.29, 1.82) is 0 Å². The Hall–Kier alpha value is -0.745. The molecule has 0 aromatic heterocycles. The normalized spacial score (nSPS) is 28.8. The number of hydrogen-bond acceptors (Lipinski definition) is 4. The Labute approximate surface area is 150 Å². The molecule has 132 valence electrons. The fourth-order valence-electron chi connectivity index (χ4n) is 3.21. The minimum Gasteiger partial charge on any atom is -0.399 e. The van der Waals surface area contributed by atoms with Gasteiger partial charge in [-0.25, -0.2) is 0 Å². The van der Waals surface area contributed by atoms with Gasteiger partial charge in [0.2, 0.25) is 0 Å². The number of aliphatic hydroxyl groups is 1. The molecule has 1 aromatic carbocycles. The summed E-state index contributed by atoms with van der Waals surface area (Å²) in [6.45, 7) is 8.17. The van der Waals surface area contributed by atoms with Gasteiger partial charge in [-0.2, -0.15) is 0 Å². The van der Waals surface area contributed by atoms with E-state index < -0.39 is 7.12 Å². The molecule has 24 heavy (non-hydrogen) atoms. The van der Waals surface area contributed by atoms with Crippen LogP contribution in [0.4, 0.5) is 5.69 Å². The average molecular weight is 352 g/mol. The third-order valence-electron chi connectivity index (χ3n) is 5.57. The van der Waals surface area contributed by atoms with E-state index in [1.165, 1.54) is 0 Å². The summed E-state index contributed by atoms with van der Waals surface area (Å²) in [5.41, 5.74) is 1.15. The van der Waals surface area contributed by atoms with E-state index >= 15 is 0 Å². The van der Waals surface area contributed by atoms with Crippen molar-refractivity contribution in [1.82, 2.24) is 0 Å². The number of hydrogen-bond donors (Lipinski definition) is 2. The van der Waals surface area contributed by atoms with Crippen LogP contribution < -0.4 is 10.8 Å². The van der Waals surface area contributed by atoms with Crippen molar-refractivity contribution in [2.75, 3.05) is 5.32 Å². The van der Waals surface area contributed by atoms with Crippen molar-refractivity contribution >= 4 is 29.9 Å². The minimum atomic E-state index is -0.397. The molecule has 0 radical (unpaired) electrons. The summed E-state index contributed by atoms with van der Waals surface area (Å²) in [5, 5.41) is 13.8. The molecular weight excluding hydrogens is 324 g/mol. The molecule has 6 heteroatoms. The Morgan fingerprint density at radius 1 is 1.08 bits per heavy atom. The number of anilines is 1. The van der Waals surface area contributed by atoms with Gasteiger partial charge in [-0.05, 0) is 71.0 Å². The van der Waals surface area contributed by atoms with Crippen LogP contribution in [0.3, 0.4) is 0 Å². The van der Waals surface area contributed by atoms with Gasteiger partial charge in [0.15, 0.2) is 0 Å². The van der Waals surface area contributed by atoms with E-state index in [4.69, 9.17) is 20.9 Å². The lowest BCUT2D eigenvalue weighted by molar-refractivity contribution is 0.00578. The average Bonchev–Trinajstić information content (AvgIpc) is 2.72. The highest BCUT2D eigenvalue weighted by Crippen LogP contribution is 2.37. The van der Waals surface area contributed by atoms with Crippen LogP contribution in [0.25, 0.3) is 0 Å². The molecule has 1 heterocycles. The lowest BCUT2D eigenvalue weighted by Gasteiger charge is -2.32. The van der Waals surface area contributed by atoms with Crippen molar-refractivity contribution in [2.45, 2.75) is 76.7 Å². The Bertz CT molecular complexity index is 584. The maximum absolute atomic E-state index is 9.61. The summed E-state index contributed by atoms with van der Waals surface area (Å²) < 4.78 is 12.2. The summed E-state index contributed by atoms with van der Waals surface area (Å²) >= 11 is 6.47. The Kier molecular flexibility index (Phi) is 4.91. The summed E-state index contributed by atoms with van der Waals surface area (Å²) in [5.74, 6) is 0. The standard InChI is InChI=1S/C18H27BClNO3/c1-17(2)18(3,4)24-19(23-17)12-5-10-16(15(20)11-12)21-13-6-8-14(22)9-7-13/h5,10-11,13-14,21-22H,6-9H2,1-4H3/t13-,14-. The van der Waals surface area contributed by atoms with Gasteiger partial charge >= 0.3 is 7.12 Å². The molecule has 1 aliphatic carbocycles. The zero-order valence-corrected chi connectivity index (χ0v) is 15.7. The number of nitrogens with one attached hydrogen (secondary N) is 1. The van der Waals surface area contributed by atoms with Gasteiger partial charge in [-0.15, -0.1) is 0 Å². The smallest absolute Gasteiger partial charge is 0.399 e. The molecule has 1 saturated heterocycles. The largest absolute Gasteiger partial charge is 0.494 e. The highest BCUT2D eigenvalue weighted by Gasteiger charge is 2.51. The maximum atomic E-state index is 9.61. The molecule has 0 spiro atoms. The summed E-state index contributed by atoms with van der Waals surface area (Å²) in [6.07, 6.45) is 3.49. The molecule has 1 aliphatic heterocycles. The summed E-state index contributed by atoms with van der Waals surface area (Å²) in [6, 6.07) is 6.29. The van der Waals surface area contributed by atoms with E-state index in [1.807, 2.05) is 45.9 Å². The highest BCUT2D eigenvalue weighted by atomic mass is 35.5. The molecule has 1 saturated carbocycles. The van der Waals surface area contributed by atoms with E-state index in [-0.39, 0.29) is 17.3 Å². The number of aliphatic hydroxyl groups excluding tert-OH is 1. The lowest BCUT2D eigenvalue weighted by atomic mass is 9.79. The second-order valence-electron chi connectivity index (χ2n) is 7.98. The first kappa shape index (κ1) is 18.1. The van der Waals surface area contributed by atoms with Crippen LogP contribution in [0.15, 0.2) is 18.2 Å². The quantitative estimate of drug-likeness (QED) is 0.820. The van der Waals surface area contributed by atoms with Gasteiger partial charge in [0.05, 0.1) is 28.0 Å². The highest BCUT2D eigenvalue weighted by molar-refractivity contribution is 6.62. The molecule has 2 fully saturated rings. The van der Waals surface area contributed by atoms with Crippen LogP contribution in [0.1, 0.15) is 53.4 Å². The van der Waals surface area contributed by atoms with Gasteiger partial charge < -0.3 is 19.7 Å². The molecule has 4 nitrogen and oxygen atoms in total. The topological polar surface area (TPSA) is 50.7 Å². The zero-order chi connectivity index (χ0) is 17.5. The van der Waals surface area contributed by atoms with Crippen LogP contribution in [-0.2, 0) is 9.31 Å². The van der Waals surface area contributed by atoms with E-state index in [1.54, 1.807) is 0 Å².